The lowest BCUT2D eigenvalue weighted by atomic mass is 9.66. The fourth-order valence-corrected chi connectivity index (χ4v) is 11.8. The van der Waals surface area contributed by atoms with Crippen LogP contribution in [0.2, 0.25) is 0 Å². The fraction of sp³-hybridized carbons (Fsp3) is 0.0323. The van der Waals surface area contributed by atoms with E-state index in [0.717, 1.165) is 8.95 Å². The average molecular weight is 947 g/mol. The summed E-state index contributed by atoms with van der Waals surface area (Å²) in [6.07, 6.45) is 0. The Kier molecular flexibility index (Phi) is 10.4. The third-order valence-electron chi connectivity index (χ3n) is 13.3. The number of rotatable bonds is 6. The fourth-order valence-electron chi connectivity index (χ4n) is 10.8. The zero-order valence-electron chi connectivity index (χ0n) is 35.0. The second-order valence-electron chi connectivity index (χ2n) is 16.5. The molecule has 0 aliphatic heterocycles. The van der Waals surface area contributed by atoms with Gasteiger partial charge in [-0.25, -0.2) is 0 Å². The van der Waals surface area contributed by atoms with Gasteiger partial charge in [0.15, 0.2) is 0 Å². The highest BCUT2D eigenvalue weighted by atomic mass is 79.9. The molecule has 0 saturated carbocycles. The molecule has 0 atom stereocenters. The molecule has 0 heterocycles. The third-order valence-corrected chi connectivity index (χ3v) is 14.7. The van der Waals surface area contributed by atoms with E-state index < -0.39 is 0 Å². The summed E-state index contributed by atoms with van der Waals surface area (Å²) in [7, 11) is 0. The van der Waals surface area contributed by atoms with E-state index in [1.807, 2.05) is 0 Å². The molecule has 2 aliphatic carbocycles. The lowest BCUT2D eigenvalue weighted by molar-refractivity contribution is 0.768. The van der Waals surface area contributed by atoms with Crippen LogP contribution < -0.4 is 0 Å². The molecular weight excluding hydrogens is 904 g/mol. The van der Waals surface area contributed by atoms with Crippen molar-refractivity contribution in [3.63, 3.8) is 0 Å². The third kappa shape index (κ3) is 6.23. The molecule has 10 aromatic carbocycles. The van der Waals surface area contributed by atoms with Crippen molar-refractivity contribution in [3.8, 4) is 44.5 Å². The molecule has 0 amide bonds. The zero-order valence-corrected chi connectivity index (χ0v) is 38.2. The van der Waals surface area contributed by atoms with Crippen molar-refractivity contribution in [3.05, 3.63) is 308 Å². The lowest BCUT2D eigenvalue weighted by Gasteiger charge is -2.35. The summed E-state index contributed by atoms with van der Waals surface area (Å²) in [5.41, 5.74) is 20.0. The maximum absolute atomic E-state index is 3.83. The summed E-state index contributed by atoms with van der Waals surface area (Å²) in [4.78, 5) is 0. The van der Waals surface area contributed by atoms with E-state index in [4.69, 9.17) is 0 Å². The maximum Gasteiger partial charge on any atom is 0.0719 e. The van der Waals surface area contributed by atoms with Gasteiger partial charge in [-0.15, -0.1) is 0 Å². The van der Waals surface area contributed by atoms with Gasteiger partial charge >= 0.3 is 0 Å². The van der Waals surface area contributed by atoms with Crippen LogP contribution in [0.4, 0.5) is 0 Å². The van der Waals surface area contributed by atoms with Crippen LogP contribution in [0.1, 0.15) is 44.5 Å². The first-order valence-corrected chi connectivity index (χ1v) is 23.4. The maximum atomic E-state index is 3.83. The predicted molar refractivity (Wildman–Crippen MR) is 274 cm³/mol. The molecule has 0 aromatic heterocycles. The van der Waals surface area contributed by atoms with Crippen LogP contribution in [0.15, 0.2) is 264 Å². The molecule has 0 nitrogen and oxygen atoms in total. The summed E-state index contributed by atoms with van der Waals surface area (Å²) in [5, 5.41) is 0. The van der Waals surface area contributed by atoms with Gasteiger partial charge in [0, 0.05) is 8.95 Å². The van der Waals surface area contributed by atoms with Crippen molar-refractivity contribution in [2.24, 2.45) is 0 Å². The highest BCUT2D eigenvalue weighted by Gasteiger charge is 2.48. The van der Waals surface area contributed by atoms with Gasteiger partial charge in [-0.2, -0.15) is 0 Å². The van der Waals surface area contributed by atoms with Gasteiger partial charge in [-0.05, 0) is 101 Å². The zero-order chi connectivity index (χ0) is 43.1. The second-order valence-corrected chi connectivity index (χ2v) is 18.2. The van der Waals surface area contributed by atoms with Crippen molar-refractivity contribution >= 4 is 31.9 Å². The van der Waals surface area contributed by atoms with Gasteiger partial charge in [-0.1, -0.05) is 275 Å². The highest BCUT2D eigenvalue weighted by molar-refractivity contribution is 9.11. The second kappa shape index (κ2) is 16.7. The molecule has 0 bridgehead atoms. The number of benzene rings is 10. The minimum absolute atomic E-state index is 0.355. The van der Waals surface area contributed by atoms with Crippen LogP contribution >= 0.6 is 31.9 Å². The Bertz CT molecular complexity index is 3200. The average Bonchev–Trinajstić information content (AvgIpc) is 3.85. The van der Waals surface area contributed by atoms with E-state index in [-0.39, 0.29) is 10.8 Å². The summed E-state index contributed by atoms with van der Waals surface area (Å²) < 4.78 is 2.22. The van der Waals surface area contributed by atoms with E-state index in [1.54, 1.807) is 0 Å². The van der Waals surface area contributed by atoms with E-state index in [1.165, 1.54) is 89.0 Å². The van der Waals surface area contributed by atoms with E-state index in [9.17, 15) is 0 Å². The summed E-state index contributed by atoms with van der Waals surface area (Å²) in [6, 6.07) is 92.2. The first-order chi connectivity index (χ1) is 31.6. The van der Waals surface area contributed by atoms with E-state index in [0.29, 0.717) is 0 Å². The monoisotopic (exact) mass is 944 g/mol. The molecule has 0 fully saturated rings. The van der Waals surface area contributed by atoms with Crippen LogP contribution in [0.5, 0.6) is 0 Å². The van der Waals surface area contributed by atoms with Crippen LogP contribution in [-0.2, 0) is 10.8 Å². The van der Waals surface area contributed by atoms with Crippen molar-refractivity contribution in [2.45, 2.75) is 10.8 Å². The molecule has 0 N–H and O–H groups in total. The van der Waals surface area contributed by atoms with Crippen molar-refractivity contribution in [1.82, 2.24) is 0 Å². The molecule has 10 aromatic rings. The Hall–Kier alpha value is -6.84. The Morgan fingerprint density at radius 2 is 0.531 bits per heavy atom. The Balaban J connectivity index is 0.000000143. The Labute approximate surface area is 392 Å². The minimum atomic E-state index is -0.389. The Morgan fingerprint density at radius 3 is 1.03 bits per heavy atom. The first-order valence-electron chi connectivity index (χ1n) is 21.8. The van der Waals surface area contributed by atoms with Crippen molar-refractivity contribution in [2.75, 3.05) is 0 Å². The normalized spacial score (nSPS) is 13.4. The van der Waals surface area contributed by atoms with E-state index >= 15 is 0 Å². The van der Waals surface area contributed by atoms with Gasteiger partial charge in [0.2, 0.25) is 0 Å². The van der Waals surface area contributed by atoms with Crippen LogP contribution in [0.3, 0.4) is 0 Å². The molecule has 2 heteroatoms. The molecule has 304 valence electrons. The first kappa shape index (κ1) is 40.0. The number of hydrogen-bond donors (Lipinski definition) is 0. The Morgan fingerprint density at radius 1 is 0.219 bits per heavy atom. The quantitative estimate of drug-likeness (QED) is 0.156. The van der Waals surface area contributed by atoms with Crippen LogP contribution in [0.25, 0.3) is 44.5 Å². The topological polar surface area (TPSA) is 0 Å². The minimum Gasteiger partial charge on any atom is -0.0622 e. The lowest BCUT2D eigenvalue weighted by Crippen LogP contribution is -2.29. The highest BCUT2D eigenvalue weighted by Crippen LogP contribution is 2.60. The predicted octanol–water partition coefficient (Wildman–Crippen LogP) is 17.0. The van der Waals surface area contributed by atoms with Gasteiger partial charge in [0.25, 0.3) is 0 Å². The van der Waals surface area contributed by atoms with E-state index in [2.05, 4.69) is 287 Å². The standard InChI is InChI=1S/2C31H21Br/c32-29-21-10-8-16-24(29)25-18-11-20-28-30(25)26-17-7-9-19-27(26)31(28,22-12-3-1-4-13-22)23-14-5-2-6-15-23;32-29-21-10-8-17-25(29)27-19-11-18-26-24-16-7-9-20-28(24)31(30(26)27,22-12-3-1-4-13-22)23-14-5-2-6-15-23/h2*1-21H. The smallest absolute Gasteiger partial charge is 0.0622 e. The molecule has 0 unspecified atom stereocenters. The number of fused-ring (bicyclic) bond motifs is 6. The molecule has 0 radical (unpaired) electrons. The largest absolute Gasteiger partial charge is 0.0719 e. The van der Waals surface area contributed by atoms with Crippen molar-refractivity contribution < 1.29 is 0 Å². The summed E-state index contributed by atoms with van der Waals surface area (Å²) >= 11 is 7.63. The summed E-state index contributed by atoms with van der Waals surface area (Å²) in [5.74, 6) is 0. The van der Waals surface area contributed by atoms with Gasteiger partial charge in [0.1, 0.15) is 0 Å². The molecule has 0 saturated heterocycles. The van der Waals surface area contributed by atoms with Gasteiger partial charge < -0.3 is 0 Å². The molecule has 64 heavy (non-hydrogen) atoms. The van der Waals surface area contributed by atoms with Gasteiger partial charge in [-0.3, -0.25) is 0 Å². The van der Waals surface area contributed by atoms with Gasteiger partial charge in [0.05, 0.1) is 10.8 Å². The van der Waals surface area contributed by atoms with Crippen LogP contribution in [0, 0.1) is 0 Å². The number of halogens is 2. The summed E-state index contributed by atoms with van der Waals surface area (Å²) in [6.45, 7) is 0. The molecular formula is C62H42Br2. The number of hydrogen-bond acceptors (Lipinski definition) is 0. The SMILES string of the molecule is Brc1ccccc1-c1cccc2c1-c1ccccc1C2(c1ccccc1)c1ccccc1.Brc1ccccc1-c1cccc2c1C(c1ccccc1)(c1ccccc1)c1ccccc1-2. The van der Waals surface area contributed by atoms with Crippen LogP contribution in [-0.4, -0.2) is 0 Å². The molecule has 0 spiro atoms. The molecule has 2 aliphatic rings. The van der Waals surface area contributed by atoms with Crippen molar-refractivity contribution in [1.29, 1.82) is 0 Å². The molecule has 12 rings (SSSR count).